The second kappa shape index (κ2) is 11.2. The summed E-state index contributed by atoms with van der Waals surface area (Å²) in [5.41, 5.74) is 3.76. The molecule has 1 unspecified atom stereocenters. The van der Waals surface area contributed by atoms with Crippen molar-refractivity contribution in [3.8, 4) is 5.82 Å². The van der Waals surface area contributed by atoms with E-state index in [-0.39, 0.29) is 12.1 Å². The van der Waals surface area contributed by atoms with Gasteiger partial charge in [0.1, 0.15) is 5.39 Å². The normalized spacial score (nSPS) is 17.8. The van der Waals surface area contributed by atoms with Crippen molar-refractivity contribution in [2.45, 2.75) is 31.8 Å². The van der Waals surface area contributed by atoms with Crippen LogP contribution in [0.4, 0.5) is 17.5 Å². The Morgan fingerprint density at radius 2 is 2.00 bits per heavy atom. The summed E-state index contributed by atoms with van der Waals surface area (Å²) < 4.78 is 25.2. The average Bonchev–Trinajstić information content (AvgIpc) is 3.23. The lowest BCUT2D eigenvalue weighted by atomic mass is 9.87. The molecule has 1 fully saturated rings. The molecule has 0 spiro atoms. The third-order valence-corrected chi connectivity index (χ3v) is 8.08. The Labute approximate surface area is 239 Å². The molecule has 0 bridgehead atoms. The smallest absolute Gasteiger partial charge is 0.278 e. The van der Waals surface area contributed by atoms with Gasteiger partial charge in [-0.15, -0.1) is 6.58 Å². The summed E-state index contributed by atoms with van der Waals surface area (Å²) in [6.07, 6.45) is 9.47. The second-order valence-electron chi connectivity index (χ2n) is 10.7. The van der Waals surface area contributed by atoms with Crippen molar-refractivity contribution in [2.75, 3.05) is 44.1 Å². The fraction of sp³-hybridized carbons (Fsp3) is 0.379. The summed E-state index contributed by atoms with van der Waals surface area (Å²) in [6.45, 7) is 7.69. The molecule has 12 heteroatoms. The van der Waals surface area contributed by atoms with Gasteiger partial charge in [0.05, 0.1) is 19.8 Å². The van der Waals surface area contributed by atoms with E-state index in [4.69, 9.17) is 9.72 Å². The molecule has 6 rings (SSSR count). The molecule has 2 aliphatic rings. The van der Waals surface area contributed by atoms with Crippen LogP contribution in [-0.2, 0) is 33.9 Å². The molecule has 1 N–H and O–H groups in total. The van der Waals surface area contributed by atoms with Gasteiger partial charge in [-0.1, -0.05) is 18.2 Å². The third-order valence-electron chi connectivity index (χ3n) is 7.45. The van der Waals surface area contributed by atoms with Crippen LogP contribution in [0, 0.1) is 0 Å². The number of hydrogen-bond donors (Lipinski definition) is 1. The zero-order valence-electron chi connectivity index (χ0n) is 23.3. The first kappa shape index (κ1) is 27.3. The molecule has 3 aromatic heterocycles. The Balaban J connectivity index is 1.32. The Kier molecular flexibility index (Phi) is 7.45. The van der Waals surface area contributed by atoms with Crippen LogP contribution < -0.4 is 10.9 Å². The van der Waals surface area contributed by atoms with E-state index in [1.54, 1.807) is 41.5 Å². The fourth-order valence-electron chi connectivity index (χ4n) is 5.61. The van der Waals surface area contributed by atoms with Gasteiger partial charge in [-0.2, -0.15) is 9.35 Å². The first-order chi connectivity index (χ1) is 19.8. The van der Waals surface area contributed by atoms with Crippen molar-refractivity contribution >= 4 is 38.2 Å². The number of allylic oxidation sites excluding steroid dienone is 1. The molecular formula is C29H34N8O3S. The minimum absolute atomic E-state index is 0.246. The van der Waals surface area contributed by atoms with Crippen LogP contribution in [0.15, 0.2) is 64.4 Å². The number of benzene rings is 1. The highest BCUT2D eigenvalue weighted by molar-refractivity contribution is 7.92. The van der Waals surface area contributed by atoms with Gasteiger partial charge in [0, 0.05) is 53.3 Å². The molecule has 0 amide bonds. The number of rotatable bonds is 7. The van der Waals surface area contributed by atoms with E-state index in [0.29, 0.717) is 34.7 Å². The number of ether oxygens (including phenoxy) is 1. The monoisotopic (exact) mass is 574 g/mol. The molecule has 0 radical (unpaired) electrons. The highest BCUT2D eigenvalue weighted by atomic mass is 32.2. The minimum atomic E-state index is -2.42. The highest BCUT2D eigenvalue weighted by Crippen LogP contribution is 2.29. The van der Waals surface area contributed by atoms with Gasteiger partial charge in [-0.25, -0.2) is 23.5 Å². The van der Waals surface area contributed by atoms with Crippen molar-refractivity contribution < 1.29 is 8.95 Å². The third kappa shape index (κ3) is 5.81. The van der Waals surface area contributed by atoms with E-state index in [0.717, 1.165) is 51.3 Å². The molecular weight excluding hydrogens is 540 g/mol. The van der Waals surface area contributed by atoms with Crippen LogP contribution in [0.3, 0.4) is 0 Å². The number of nitrogens with zero attached hydrogens (tertiary/aromatic N) is 7. The molecule has 4 heterocycles. The topological polar surface area (TPSA) is 120 Å². The average molecular weight is 575 g/mol. The Morgan fingerprint density at radius 1 is 1.17 bits per heavy atom. The van der Waals surface area contributed by atoms with Crippen LogP contribution in [0.5, 0.6) is 0 Å². The number of aryl methyl sites for hydroxylation is 1. The molecule has 11 nitrogen and oxygen atoms in total. The molecule has 214 valence electrons. The van der Waals surface area contributed by atoms with E-state index in [2.05, 4.69) is 49.3 Å². The minimum Gasteiger partial charge on any atom is -0.379 e. The first-order valence-corrected chi connectivity index (χ1v) is 16.1. The van der Waals surface area contributed by atoms with Crippen LogP contribution >= 0.6 is 0 Å². The number of hydrogen-bond acceptors (Lipinski definition) is 9. The van der Waals surface area contributed by atoms with Gasteiger partial charge >= 0.3 is 0 Å². The number of pyridine rings is 1. The van der Waals surface area contributed by atoms with E-state index in [1.165, 1.54) is 22.0 Å². The molecule has 1 saturated heterocycles. The van der Waals surface area contributed by atoms with Gasteiger partial charge in [-0.3, -0.25) is 9.69 Å². The highest BCUT2D eigenvalue weighted by Gasteiger charge is 2.26. The molecule has 1 aliphatic carbocycles. The Hall–Kier alpha value is -3.87. The van der Waals surface area contributed by atoms with Crippen LogP contribution in [-0.4, -0.2) is 78.3 Å². The summed E-state index contributed by atoms with van der Waals surface area (Å²) in [5, 5.41) is 3.69. The van der Waals surface area contributed by atoms with Crippen LogP contribution in [0.25, 0.3) is 16.9 Å². The van der Waals surface area contributed by atoms with Crippen LogP contribution in [0.2, 0.25) is 0 Å². The van der Waals surface area contributed by atoms with Gasteiger partial charge in [0.2, 0.25) is 5.95 Å². The Bertz CT molecular complexity index is 1790. The lowest BCUT2D eigenvalue weighted by molar-refractivity contribution is 0.0137. The van der Waals surface area contributed by atoms with Crippen molar-refractivity contribution in [3.63, 3.8) is 0 Å². The van der Waals surface area contributed by atoms with Gasteiger partial charge < -0.3 is 10.1 Å². The number of morpholine rings is 1. The lowest BCUT2D eigenvalue weighted by Gasteiger charge is -2.37. The van der Waals surface area contributed by atoms with Crippen LogP contribution in [0.1, 0.15) is 17.5 Å². The molecule has 4 aromatic rings. The quantitative estimate of drug-likeness (QED) is 0.334. The lowest BCUT2D eigenvalue weighted by Crippen LogP contribution is -2.45. The summed E-state index contributed by atoms with van der Waals surface area (Å²) in [4.78, 5) is 29.6. The van der Waals surface area contributed by atoms with Gasteiger partial charge in [0.25, 0.3) is 5.56 Å². The predicted molar refractivity (Wildman–Crippen MR) is 161 cm³/mol. The standard InChI is InChI=1S/C29H34N8O3S/c1-4-12-36-28(38)24-19-30-29(33-27(24)37(36)26-7-5-6-25(32-26)34-41(2,3)39)31-22-10-8-21-18-23(11-9-20(21)17-22)35-13-15-40-16-14-35/h4-8,10,17,19,23H,1,9,11-16,18H2,2-3H3,(H,30,31,33). The largest absolute Gasteiger partial charge is 0.379 e. The zero-order chi connectivity index (χ0) is 28.6. The SMILES string of the molecule is C=CCn1c(=O)c2cnc(Nc3ccc4c(c3)CCC(N3CCOCC3)C4)nc2n1-c1cccc(N=S(C)(C)=O)n1. The second-order valence-corrected chi connectivity index (χ2v) is 13.2. The Morgan fingerprint density at radius 3 is 2.78 bits per heavy atom. The number of nitrogens with one attached hydrogen (secondary N) is 1. The summed E-state index contributed by atoms with van der Waals surface area (Å²) in [6, 6.07) is 12.2. The summed E-state index contributed by atoms with van der Waals surface area (Å²) in [7, 11) is -2.42. The molecule has 0 saturated carbocycles. The number of anilines is 2. The van der Waals surface area contributed by atoms with Crippen molar-refractivity contribution in [1.82, 2.24) is 29.2 Å². The molecule has 1 aromatic carbocycles. The maximum Gasteiger partial charge on any atom is 0.278 e. The van der Waals surface area contributed by atoms with Crippen molar-refractivity contribution in [1.29, 1.82) is 0 Å². The van der Waals surface area contributed by atoms with Crippen molar-refractivity contribution in [3.05, 3.63) is 76.7 Å². The number of fused-ring (bicyclic) bond motifs is 2. The van der Waals surface area contributed by atoms with E-state index in [9.17, 15) is 9.00 Å². The summed E-state index contributed by atoms with van der Waals surface area (Å²) >= 11 is 0. The van der Waals surface area contributed by atoms with E-state index in [1.807, 2.05) is 0 Å². The van der Waals surface area contributed by atoms with Crippen molar-refractivity contribution in [2.24, 2.45) is 4.36 Å². The van der Waals surface area contributed by atoms with E-state index >= 15 is 0 Å². The maximum atomic E-state index is 13.3. The number of aromatic nitrogens is 5. The zero-order valence-corrected chi connectivity index (χ0v) is 24.1. The molecule has 1 atom stereocenters. The fourth-order valence-corrected chi connectivity index (χ4v) is 6.16. The predicted octanol–water partition coefficient (Wildman–Crippen LogP) is 3.46. The van der Waals surface area contributed by atoms with E-state index < -0.39 is 9.73 Å². The molecule has 41 heavy (non-hydrogen) atoms. The van der Waals surface area contributed by atoms with Gasteiger partial charge in [-0.05, 0) is 54.7 Å². The van der Waals surface area contributed by atoms with Gasteiger partial charge in [0.15, 0.2) is 17.3 Å². The molecule has 1 aliphatic heterocycles. The maximum absolute atomic E-state index is 13.3. The first-order valence-electron chi connectivity index (χ1n) is 13.7. The summed E-state index contributed by atoms with van der Waals surface area (Å²) in [5.74, 6) is 1.11.